The summed E-state index contributed by atoms with van der Waals surface area (Å²) < 4.78 is 33.3. The molecule has 16 heteroatoms. The molecular weight excluding hydrogens is 698 g/mol. The molecule has 2 N–H and O–H groups in total. The van der Waals surface area contributed by atoms with Crippen LogP contribution in [0.25, 0.3) is 11.0 Å². The van der Waals surface area contributed by atoms with Crippen LogP contribution in [-0.4, -0.2) is 115 Å². The van der Waals surface area contributed by atoms with E-state index in [4.69, 9.17) is 14.7 Å². The zero-order chi connectivity index (χ0) is 34.0. The highest BCUT2D eigenvalue weighted by Gasteiger charge is 2.29. The maximum absolute atomic E-state index is 12.8. The Bertz CT molecular complexity index is 1880. The number of anilines is 6. The number of methoxy groups -OCH3 is 1. The van der Waals surface area contributed by atoms with Crippen LogP contribution in [0.2, 0.25) is 0 Å². The molecule has 0 radical (unpaired) electrons. The van der Waals surface area contributed by atoms with Crippen molar-refractivity contribution in [2.75, 3.05) is 86.1 Å². The normalized spacial score (nSPS) is 16.7. The molecule has 0 bridgehead atoms. The molecule has 48 heavy (non-hydrogen) atoms. The highest BCUT2D eigenvalue weighted by Crippen LogP contribution is 2.38. The van der Waals surface area contributed by atoms with Gasteiger partial charge in [-0.15, -0.1) is 0 Å². The number of hydrogen-bond acceptors (Lipinski definition) is 13. The summed E-state index contributed by atoms with van der Waals surface area (Å²) in [6.07, 6.45) is 8.13. The number of nitrogens with zero attached hydrogens (tertiary/aromatic N) is 9. The molecule has 0 saturated carbocycles. The van der Waals surface area contributed by atoms with Crippen molar-refractivity contribution in [1.82, 2.24) is 34.7 Å². The van der Waals surface area contributed by atoms with Crippen LogP contribution in [0.3, 0.4) is 0 Å². The number of pyridine rings is 1. The fourth-order valence-electron chi connectivity index (χ4n) is 6.48. The number of hydrogen-bond donors (Lipinski definition) is 2. The molecule has 2 fully saturated rings. The van der Waals surface area contributed by atoms with Gasteiger partial charge in [-0.3, -0.25) is 19.2 Å². The fraction of sp³-hybridized carbons (Fsp3) is 0.469. The minimum Gasteiger partial charge on any atom is -0.479 e. The van der Waals surface area contributed by atoms with Crippen LogP contribution in [0.15, 0.2) is 41.3 Å². The Hall–Kier alpha value is -3.86. The van der Waals surface area contributed by atoms with Crippen LogP contribution in [0, 0.1) is 6.92 Å². The molecular formula is C32H42BrN11O3S. The van der Waals surface area contributed by atoms with Crippen LogP contribution in [0.4, 0.5) is 34.6 Å². The van der Waals surface area contributed by atoms with Crippen LogP contribution < -0.4 is 24.6 Å². The first-order valence-corrected chi connectivity index (χ1v) is 18.7. The van der Waals surface area contributed by atoms with Crippen molar-refractivity contribution < 1.29 is 13.2 Å². The van der Waals surface area contributed by atoms with Gasteiger partial charge in [0.2, 0.25) is 21.9 Å². The minimum absolute atomic E-state index is 0.206. The predicted molar refractivity (Wildman–Crippen MR) is 194 cm³/mol. The highest BCUT2D eigenvalue weighted by molar-refractivity contribution is 9.10. The summed E-state index contributed by atoms with van der Waals surface area (Å²) in [6, 6.07) is 6.18. The van der Waals surface area contributed by atoms with Crippen molar-refractivity contribution >= 4 is 71.6 Å². The van der Waals surface area contributed by atoms with Gasteiger partial charge < -0.3 is 25.2 Å². The number of nitrogens with one attached hydrogen (secondary N) is 2. The molecule has 0 amide bonds. The molecule has 0 aliphatic carbocycles. The summed E-state index contributed by atoms with van der Waals surface area (Å²) in [4.78, 5) is 30.4. The number of aryl methyl sites for hydroxylation is 1. The van der Waals surface area contributed by atoms with E-state index < -0.39 is 10.0 Å². The van der Waals surface area contributed by atoms with Crippen LogP contribution in [0.5, 0.6) is 5.88 Å². The van der Waals surface area contributed by atoms with E-state index >= 15 is 0 Å². The van der Waals surface area contributed by atoms with Gasteiger partial charge in [-0.1, -0.05) is 0 Å². The topological polar surface area (TPSA) is 145 Å². The van der Waals surface area contributed by atoms with E-state index in [0.717, 1.165) is 63.5 Å². The highest BCUT2D eigenvalue weighted by atomic mass is 79.9. The van der Waals surface area contributed by atoms with Crippen molar-refractivity contribution in [3.63, 3.8) is 0 Å². The first-order valence-electron chi connectivity index (χ1n) is 16.1. The Labute approximate surface area is 290 Å². The Morgan fingerprint density at radius 3 is 2.42 bits per heavy atom. The zero-order valence-corrected chi connectivity index (χ0v) is 30.3. The molecule has 256 valence electrons. The average Bonchev–Trinajstić information content (AvgIpc) is 3.07. The number of piperidine rings is 1. The van der Waals surface area contributed by atoms with Gasteiger partial charge in [-0.2, -0.15) is 9.97 Å². The standard InChI is InChI=1S/C32H42BrN11O3S/c1-6-44(48(5,45)46)28-25(8-7-24-27(28)35-12-11-34-24)37-29-23(33)20-36-32(39-29)38-26-19-21(2)30(40-31(26)47-4)43-13-9-22(10-14-43)42-17-15-41(3)16-18-42/h7-8,11-12,19-20,22H,6,9-10,13-18H2,1-5H3,(H2,36,37,38,39). The Balaban J connectivity index is 1.23. The zero-order valence-electron chi connectivity index (χ0n) is 27.9. The number of benzene rings is 1. The first kappa shape index (κ1) is 34.0. The summed E-state index contributed by atoms with van der Waals surface area (Å²) in [5, 5.41) is 6.57. The largest absolute Gasteiger partial charge is 0.479 e. The van der Waals surface area contributed by atoms with E-state index in [9.17, 15) is 8.42 Å². The summed E-state index contributed by atoms with van der Waals surface area (Å²) in [5.74, 6) is 2.09. The molecule has 1 aromatic carbocycles. The Morgan fingerprint density at radius 1 is 1.00 bits per heavy atom. The maximum Gasteiger partial charge on any atom is 0.239 e. The smallest absolute Gasteiger partial charge is 0.239 e. The second kappa shape index (κ2) is 14.3. The molecule has 4 aromatic rings. The number of ether oxygens (including phenoxy) is 1. The van der Waals surface area contributed by atoms with Gasteiger partial charge in [0.05, 0.1) is 29.0 Å². The van der Waals surface area contributed by atoms with E-state index in [1.54, 1.807) is 44.8 Å². The minimum atomic E-state index is -3.63. The molecule has 5 heterocycles. The molecule has 2 saturated heterocycles. The molecule has 6 rings (SSSR count). The summed E-state index contributed by atoms with van der Waals surface area (Å²) in [5.41, 5.74) is 3.56. The van der Waals surface area contributed by atoms with Gasteiger partial charge in [-0.25, -0.2) is 13.4 Å². The van der Waals surface area contributed by atoms with Gasteiger partial charge in [0.15, 0.2) is 0 Å². The molecule has 2 aliphatic heterocycles. The monoisotopic (exact) mass is 739 g/mol. The van der Waals surface area contributed by atoms with Gasteiger partial charge in [0, 0.05) is 70.4 Å². The number of halogens is 1. The van der Waals surface area contributed by atoms with E-state index in [1.165, 1.54) is 10.6 Å². The molecule has 3 aromatic heterocycles. The van der Waals surface area contributed by atoms with Gasteiger partial charge >= 0.3 is 0 Å². The van der Waals surface area contributed by atoms with Crippen molar-refractivity contribution in [2.24, 2.45) is 0 Å². The second-order valence-electron chi connectivity index (χ2n) is 12.2. The van der Waals surface area contributed by atoms with E-state index in [2.05, 4.69) is 70.2 Å². The molecule has 0 atom stereocenters. The van der Waals surface area contributed by atoms with E-state index in [1.807, 2.05) is 6.07 Å². The van der Waals surface area contributed by atoms with Gasteiger partial charge in [0.1, 0.15) is 28.5 Å². The number of aromatic nitrogens is 5. The summed E-state index contributed by atoms with van der Waals surface area (Å²) in [6.45, 7) is 10.5. The number of piperazine rings is 1. The lowest BCUT2D eigenvalue weighted by atomic mass is 10.0. The molecule has 0 unspecified atom stereocenters. The third-order valence-electron chi connectivity index (χ3n) is 8.96. The quantitative estimate of drug-likeness (QED) is 0.238. The third-order valence-corrected chi connectivity index (χ3v) is 10.8. The van der Waals surface area contributed by atoms with Crippen molar-refractivity contribution in [3.8, 4) is 5.88 Å². The number of sulfonamides is 1. The molecule has 0 spiro atoms. The first-order chi connectivity index (χ1) is 23.0. The SMILES string of the molecule is CCN(c1c(Nc2nc(Nc3cc(C)c(N4CCC(N5CCN(C)CC5)CC4)nc3OC)ncc2Br)ccc2nccnc12)S(C)(=O)=O. The van der Waals surface area contributed by atoms with Crippen molar-refractivity contribution in [1.29, 1.82) is 0 Å². The van der Waals surface area contributed by atoms with Crippen molar-refractivity contribution in [3.05, 3.63) is 46.8 Å². The third kappa shape index (κ3) is 7.26. The lowest BCUT2D eigenvalue weighted by Crippen LogP contribution is -2.52. The average molecular weight is 741 g/mol. The van der Waals surface area contributed by atoms with Crippen LogP contribution >= 0.6 is 15.9 Å². The molecule has 2 aliphatic rings. The Morgan fingerprint density at radius 2 is 1.73 bits per heavy atom. The number of fused-ring (bicyclic) bond motifs is 1. The summed E-state index contributed by atoms with van der Waals surface area (Å²) >= 11 is 3.54. The van der Waals surface area contributed by atoms with Gasteiger partial charge in [-0.05, 0) is 73.4 Å². The maximum atomic E-state index is 12.8. The fourth-order valence-corrected chi connectivity index (χ4v) is 7.75. The number of likely N-dealkylation sites (N-methyl/N-ethyl adjacent to an activating group) is 1. The second-order valence-corrected chi connectivity index (χ2v) is 15.0. The van der Waals surface area contributed by atoms with Crippen LogP contribution in [0.1, 0.15) is 25.3 Å². The summed E-state index contributed by atoms with van der Waals surface area (Å²) in [7, 11) is 0.173. The lowest BCUT2D eigenvalue weighted by Gasteiger charge is -2.42. The van der Waals surface area contributed by atoms with Gasteiger partial charge in [0.25, 0.3) is 0 Å². The molecule has 14 nitrogen and oxygen atoms in total. The lowest BCUT2D eigenvalue weighted by molar-refractivity contribution is 0.0981. The number of rotatable bonds is 10. The van der Waals surface area contributed by atoms with E-state index in [-0.39, 0.29) is 6.54 Å². The van der Waals surface area contributed by atoms with Crippen molar-refractivity contribution in [2.45, 2.75) is 32.7 Å². The van der Waals surface area contributed by atoms with Crippen LogP contribution in [-0.2, 0) is 10.0 Å². The Kier molecular flexibility index (Phi) is 10.1. The predicted octanol–water partition coefficient (Wildman–Crippen LogP) is 4.38. The van der Waals surface area contributed by atoms with E-state index in [0.29, 0.717) is 56.3 Å².